The molecule has 0 aromatic carbocycles. The lowest BCUT2D eigenvalue weighted by Gasteiger charge is -2.31. The fraction of sp³-hybridized carbons (Fsp3) is 0.385. The van der Waals surface area contributed by atoms with Crippen LogP contribution in [-0.2, 0) is 19.4 Å². The van der Waals surface area contributed by atoms with Gasteiger partial charge in [0.25, 0.3) is 5.91 Å². The van der Waals surface area contributed by atoms with Crippen LogP contribution in [0.2, 0.25) is 0 Å². The summed E-state index contributed by atoms with van der Waals surface area (Å²) in [6.07, 6.45) is 15.0. The molecule has 1 unspecified atom stereocenters. The topological polar surface area (TPSA) is 102 Å². The molecule has 0 bridgehead atoms. The molecular weight excluding hydrogens is 440 g/mol. The second-order valence-electron chi connectivity index (χ2n) is 9.86. The van der Waals surface area contributed by atoms with E-state index in [4.69, 9.17) is 0 Å². The van der Waals surface area contributed by atoms with Crippen LogP contribution in [0.25, 0.3) is 5.57 Å². The molecule has 6 rings (SSSR count). The van der Waals surface area contributed by atoms with Crippen molar-refractivity contribution in [3.05, 3.63) is 77.4 Å². The highest BCUT2D eigenvalue weighted by molar-refractivity contribution is 5.93. The van der Waals surface area contributed by atoms with Gasteiger partial charge in [0.1, 0.15) is 11.5 Å². The van der Waals surface area contributed by atoms with E-state index >= 15 is 0 Å². The predicted octanol–water partition coefficient (Wildman–Crippen LogP) is 3.07. The van der Waals surface area contributed by atoms with Gasteiger partial charge in [0.15, 0.2) is 5.82 Å². The first kappa shape index (κ1) is 21.6. The lowest BCUT2D eigenvalue weighted by molar-refractivity contribution is 0.0918. The SMILES string of the molecule is C[C@@H]1CCc2nnc(C3=CC=CC(C)(NC(=O)c4cc5c(cn4)CCN(c4ncccn4)C5)C3)n21. The summed E-state index contributed by atoms with van der Waals surface area (Å²) in [6, 6.07) is 4.11. The summed E-state index contributed by atoms with van der Waals surface area (Å²) >= 11 is 0. The average molecular weight is 469 g/mol. The summed E-state index contributed by atoms with van der Waals surface area (Å²) in [6.45, 7) is 5.72. The molecule has 0 saturated heterocycles. The van der Waals surface area contributed by atoms with E-state index in [9.17, 15) is 4.79 Å². The number of pyridine rings is 1. The number of amides is 1. The molecule has 2 atom stereocenters. The van der Waals surface area contributed by atoms with Crippen LogP contribution in [0.5, 0.6) is 0 Å². The standard InChI is InChI=1S/C26H28N8O/c1-17-6-7-22-31-32-23(34(17)22)18-5-3-9-26(2,14-18)30-24(35)21-13-20-16-33(12-8-19(20)15-29-21)25-27-10-4-11-28-25/h3-5,9-11,13,15,17H,6-8,12,14,16H2,1-2H3,(H,30,35)/t17-,26?/m1/s1. The van der Waals surface area contributed by atoms with Gasteiger partial charge in [-0.1, -0.05) is 18.2 Å². The van der Waals surface area contributed by atoms with E-state index in [-0.39, 0.29) is 5.91 Å². The fourth-order valence-corrected chi connectivity index (χ4v) is 5.28. The number of allylic oxidation sites excluding steroid dienone is 2. The Hall–Kier alpha value is -3.88. The Bertz CT molecular complexity index is 1340. The van der Waals surface area contributed by atoms with E-state index in [2.05, 4.69) is 52.9 Å². The molecule has 1 aliphatic carbocycles. The number of rotatable bonds is 4. The van der Waals surface area contributed by atoms with Crippen molar-refractivity contribution in [1.29, 1.82) is 0 Å². The number of nitrogens with one attached hydrogen (secondary N) is 1. The number of anilines is 1. The highest BCUT2D eigenvalue weighted by atomic mass is 16.2. The molecule has 3 aliphatic rings. The second kappa shape index (κ2) is 8.41. The quantitative estimate of drug-likeness (QED) is 0.628. The molecular formula is C26H28N8O. The number of aryl methyl sites for hydroxylation is 1. The lowest BCUT2D eigenvalue weighted by Crippen LogP contribution is -2.45. The molecule has 35 heavy (non-hydrogen) atoms. The molecule has 0 saturated carbocycles. The van der Waals surface area contributed by atoms with Gasteiger partial charge in [-0.15, -0.1) is 10.2 Å². The van der Waals surface area contributed by atoms with Crippen molar-refractivity contribution in [1.82, 2.24) is 35.0 Å². The minimum Gasteiger partial charge on any atom is -0.342 e. The highest BCUT2D eigenvalue weighted by Crippen LogP contribution is 2.34. The molecule has 5 heterocycles. The van der Waals surface area contributed by atoms with Crippen LogP contribution >= 0.6 is 0 Å². The zero-order valence-electron chi connectivity index (χ0n) is 20.0. The smallest absolute Gasteiger partial charge is 0.270 e. The Balaban J connectivity index is 1.19. The van der Waals surface area contributed by atoms with E-state index in [0.717, 1.165) is 54.2 Å². The van der Waals surface area contributed by atoms with Crippen molar-refractivity contribution in [3.63, 3.8) is 0 Å². The van der Waals surface area contributed by atoms with Crippen LogP contribution in [0, 0.1) is 0 Å². The fourth-order valence-electron chi connectivity index (χ4n) is 5.28. The van der Waals surface area contributed by atoms with Gasteiger partial charge in [-0.3, -0.25) is 9.78 Å². The number of aromatic nitrogens is 6. The summed E-state index contributed by atoms with van der Waals surface area (Å²) in [5.41, 5.74) is 3.21. The molecule has 9 nitrogen and oxygen atoms in total. The van der Waals surface area contributed by atoms with Crippen LogP contribution in [-0.4, -0.2) is 47.7 Å². The number of nitrogens with zero attached hydrogens (tertiary/aromatic N) is 7. The summed E-state index contributed by atoms with van der Waals surface area (Å²) < 4.78 is 2.24. The van der Waals surface area contributed by atoms with Crippen molar-refractivity contribution in [3.8, 4) is 0 Å². The molecule has 0 spiro atoms. The molecule has 178 valence electrons. The van der Waals surface area contributed by atoms with Gasteiger partial charge in [-0.25, -0.2) is 9.97 Å². The van der Waals surface area contributed by atoms with Crippen molar-refractivity contribution in [2.45, 2.75) is 57.7 Å². The van der Waals surface area contributed by atoms with Crippen molar-refractivity contribution in [2.24, 2.45) is 0 Å². The number of carbonyl (C=O) groups is 1. The van der Waals surface area contributed by atoms with Crippen molar-refractivity contribution >= 4 is 17.4 Å². The highest BCUT2D eigenvalue weighted by Gasteiger charge is 2.32. The van der Waals surface area contributed by atoms with Crippen LogP contribution in [0.15, 0.2) is 49.0 Å². The largest absolute Gasteiger partial charge is 0.342 e. The van der Waals surface area contributed by atoms with E-state index in [1.807, 2.05) is 37.4 Å². The molecule has 3 aromatic rings. The minimum atomic E-state index is -0.545. The lowest BCUT2D eigenvalue weighted by atomic mass is 9.87. The second-order valence-corrected chi connectivity index (χ2v) is 9.86. The average Bonchev–Trinajstić information content (AvgIpc) is 3.46. The Labute approximate surface area is 204 Å². The van der Waals surface area contributed by atoms with E-state index in [1.165, 1.54) is 0 Å². The molecule has 2 aliphatic heterocycles. The van der Waals surface area contributed by atoms with Crippen LogP contribution in [0.3, 0.4) is 0 Å². The third kappa shape index (κ3) is 4.00. The summed E-state index contributed by atoms with van der Waals surface area (Å²) in [5.74, 6) is 2.47. The third-order valence-electron chi connectivity index (χ3n) is 7.16. The van der Waals surface area contributed by atoms with Crippen LogP contribution in [0.4, 0.5) is 5.95 Å². The molecule has 1 amide bonds. The number of hydrogen-bond donors (Lipinski definition) is 1. The Morgan fingerprint density at radius 3 is 2.86 bits per heavy atom. The third-order valence-corrected chi connectivity index (χ3v) is 7.16. The van der Waals surface area contributed by atoms with Crippen LogP contribution < -0.4 is 10.2 Å². The molecule has 0 fully saturated rings. The van der Waals surface area contributed by atoms with E-state index in [0.29, 0.717) is 30.6 Å². The van der Waals surface area contributed by atoms with Gasteiger partial charge < -0.3 is 14.8 Å². The number of carbonyl (C=O) groups excluding carboxylic acids is 1. The zero-order chi connectivity index (χ0) is 24.0. The molecule has 1 N–H and O–H groups in total. The molecule has 9 heteroatoms. The number of hydrogen-bond acceptors (Lipinski definition) is 7. The number of fused-ring (bicyclic) bond motifs is 2. The van der Waals surface area contributed by atoms with Gasteiger partial charge >= 0.3 is 0 Å². The van der Waals surface area contributed by atoms with Crippen LogP contribution in [0.1, 0.15) is 66.0 Å². The van der Waals surface area contributed by atoms with Gasteiger partial charge in [-0.05, 0) is 55.5 Å². The molecule has 3 aromatic heterocycles. The Morgan fingerprint density at radius 2 is 2.00 bits per heavy atom. The molecule has 0 radical (unpaired) electrons. The maximum absolute atomic E-state index is 13.3. The van der Waals surface area contributed by atoms with Crippen molar-refractivity contribution in [2.75, 3.05) is 11.4 Å². The van der Waals surface area contributed by atoms with E-state index in [1.54, 1.807) is 12.4 Å². The Kier molecular flexibility index (Phi) is 5.20. The first-order valence-electron chi connectivity index (χ1n) is 12.1. The Morgan fingerprint density at radius 1 is 1.14 bits per heavy atom. The summed E-state index contributed by atoms with van der Waals surface area (Å²) in [4.78, 5) is 28.6. The first-order valence-corrected chi connectivity index (χ1v) is 12.1. The maximum atomic E-state index is 13.3. The van der Waals surface area contributed by atoms with Gasteiger partial charge in [-0.2, -0.15) is 0 Å². The maximum Gasteiger partial charge on any atom is 0.270 e. The van der Waals surface area contributed by atoms with Gasteiger partial charge in [0.05, 0.1) is 5.54 Å². The zero-order valence-corrected chi connectivity index (χ0v) is 20.0. The van der Waals surface area contributed by atoms with Gasteiger partial charge in [0, 0.05) is 50.6 Å². The normalized spacial score (nSPS) is 23.0. The van der Waals surface area contributed by atoms with Crippen molar-refractivity contribution < 1.29 is 4.79 Å². The minimum absolute atomic E-state index is 0.186. The van der Waals surface area contributed by atoms with E-state index < -0.39 is 5.54 Å². The summed E-state index contributed by atoms with van der Waals surface area (Å²) in [5, 5.41) is 12.1. The monoisotopic (exact) mass is 468 g/mol. The van der Waals surface area contributed by atoms with Gasteiger partial charge in [0.2, 0.25) is 5.95 Å². The predicted molar refractivity (Wildman–Crippen MR) is 132 cm³/mol. The first-order chi connectivity index (χ1) is 17.0. The summed E-state index contributed by atoms with van der Waals surface area (Å²) in [7, 11) is 0.